The summed E-state index contributed by atoms with van der Waals surface area (Å²) in [5, 5.41) is 11.2. The summed E-state index contributed by atoms with van der Waals surface area (Å²) in [5.41, 5.74) is 2.03. The fourth-order valence-corrected chi connectivity index (χ4v) is 2.15. The molecule has 4 nitrogen and oxygen atoms in total. The van der Waals surface area contributed by atoms with Crippen molar-refractivity contribution in [2.75, 3.05) is 6.54 Å². The molecule has 2 aromatic rings. The van der Waals surface area contributed by atoms with Gasteiger partial charge < -0.3 is 10.1 Å². The van der Waals surface area contributed by atoms with E-state index in [-0.39, 0.29) is 18.8 Å². The van der Waals surface area contributed by atoms with Gasteiger partial charge in [-0.15, -0.1) is 0 Å². The van der Waals surface area contributed by atoms with Gasteiger partial charge in [0.15, 0.2) is 0 Å². The van der Waals surface area contributed by atoms with Crippen molar-refractivity contribution in [2.45, 2.75) is 19.4 Å². The number of nitriles is 1. The van der Waals surface area contributed by atoms with E-state index < -0.39 is 6.09 Å². The van der Waals surface area contributed by atoms with Crippen molar-refractivity contribution >= 4 is 12.2 Å². The number of hydrogen-bond donors (Lipinski definition) is 1. The van der Waals surface area contributed by atoms with Crippen LogP contribution in [0.4, 0.5) is 9.18 Å². The van der Waals surface area contributed by atoms with E-state index in [2.05, 4.69) is 5.32 Å². The highest BCUT2D eigenvalue weighted by atomic mass is 19.1. The summed E-state index contributed by atoms with van der Waals surface area (Å²) in [7, 11) is 0. The minimum atomic E-state index is -0.482. The molecule has 128 valence electrons. The van der Waals surface area contributed by atoms with Gasteiger partial charge >= 0.3 is 6.09 Å². The number of carbonyl (C=O) groups is 1. The lowest BCUT2D eigenvalue weighted by molar-refractivity contribution is 0.140. The van der Waals surface area contributed by atoms with Crippen LogP contribution in [-0.2, 0) is 17.8 Å². The first-order valence-electron chi connectivity index (χ1n) is 7.95. The average molecular weight is 338 g/mol. The van der Waals surface area contributed by atoms with Gasteiger partial charge in [-0.2, -0.15) is 5.26 Å². The summed E-state index contributed by atoms with van der Waals surface area (Å²) in [6, 6.07) is 16.1. The predicted octanol–water partition coefficient (Wildman–Crippen LogP) is 4.22. The van der Waals surface area contributed by atoms with Gasteiger partial charge in [0.1, 0.15) is 12.4 Å². The molecule has 0 saturated heterocycles. The normalized spacial score (nSPS) is 10.4. The molecule has 0 aromatic heterocycles. The summed E-state index contributed by atoms with van der Waals surface area (Å²) in [6.45, 7) is 0.626. The van der Waals surface area contributed by atoms with Crippen LogP contribution < -0.4 is 5.32 Å². The van der Waals surface area contributed by atoms with Gasteiger partial charge in [0, 0.05) is 12.1 Å². The maximum atomic E-state index is 13.8. The number of ether oxygens (including phenoxy) is 1. The smallest absolute Gasteiger partial charge is 0.407 e. The van der Waals surface area contributed by atoms with Crippen molar-refractivity contribution in [1.82, 2.24) is 5.32 Å². The molecule has 0 fully saturated rings. The lowest BCUT2D eigenvalue weighted by Gasteiger charge is -2.06. The molecule has 0 bridgehead atoms. The van der Waals surface area contributed by atoms with E-state index in [1.54, 1.807) is 24.3 Å². The third-order valence-corrected chi connectivity index (χ3v) is 3.44. The van der Waals surface area contributed by atoms with Gasteiger partial charge in [0.25, 0.3) is 0 Å². The van der Waals surface area contributed by atoms with Crippen molar-refractivity contribution in [3.05, 3.63) is 77.1 Å². The van der Waals surface area contributed by atoms with Gasteiger partial charge in [0.05, 0.1) is 12.5 Å². The summed E-state index contributed by atoms with van der Waals surface area (Å²) < 4.78 is 18.9. The summed E-state index contributed by atoms with van der Waals surface area (Å²) in [6.07, 6.45) is 3.70. The molecular weight excluding hydrogens is 319 g/mol. The number of benzene rings is 2. The molecule has 0 radical (unpaired) electrons. The number of rotatable bonds is 7. The molecule has 25 heavy (non-hydrogen) atoms. The topological polar surface area (TPSA) is 62.1 Å². The number of amides is 1. The van der Waals surface area contributed by atoms with Crippen LogP contribution >= 0.6 is 0 Å². The van der Waals surface area contributed by atoms with Crippen LogP contribution in [0.2, 0.25) is 0 Å². The first kappa shape index (κ1) is 18.2. The molecule has 0 aliphatic rings. The number of nitrogens with zero attached hydrogens (tertiary/aromatic N) is 1. The molecule has 2 aromatic carbocycles. The second kappa shape index (κ2) is 9.89. The number of halogens is 1. The van der Waals surface area contributed by atoms with Crippen molar-refractivity contribution in [3.8, 4) is 6.07 Å². The van der Waals surface area contributed by atoms with Crippen LogP contribution in [0.15, 0.2) is 54.6 Å². The molecule has 0 aliphatic heterocycles. The monoisotopic (exact) mass is 338 g/mol. The quantitative estimate of drug-likeness (QED) is 0.769. The Morgan fingerprint density at radius 1 is 1.20 bits per heavy atom. The van der Waals surface area contributed by atoms with Crippen LogP contribution in [0.25, 0.3) is 6.08 Å². The highest BCUT2D eigenvalue weighted by Gasteiger charge is 2.02. The van der Waals surface area contributed by atoms with Gasteiger partial charge in [0.2, 0.25) is 0 Å². The van der Waals surface area contributed by atoms with E-state index in [1.807, 2.05) is 36.4 Å². The van der Waals surface area contributed by atoms with Crippen molar-refractivity contribution in [2.24, 2.45) is 0 Å². The number of nitrogens with one attached hydrogen (secondary N) is 1. The molecule has 2 rings (SSSR count). The number of carbonyl (C=O) groups excluding carboxylic acids is 1. The average Bonchev–Trinajstić information content (AvgIpc) is 2.62. The Morgan fingerprint density at radius 3 is 2.72 bits per heavy atom. The Balaban J connectivity index is 1.69. The molecule has 0 spiro atoms. The molecule has 0 saturated carbocycles. The summed E-state index contributed by atoms with van der Waals surface area (Å²) >= 11 is 0. The zero-order chi connectivity index (χ0) is 17.9. The Labute approximate surface area is 146 Å². The molecule has 1 N–H and O–H groups in total. The van der Waals surface area contributed by atoms with Crippen molar-refractivity contribution < 1.29 is 13.9 Å². The van der Waals surface area contributed by atoms with Gasteiger partial charge in [-0.25, -0.2) is 9.18 Å². The SMILES string of the molecule is N#CCc1ccc(C=CCCNC(=O)OCc2ccccc2)c(F)c1. The first-order chi connectivity index (χ1) is 12.2. The van der Waals surface area contributed by atoms with Gasteiger partial charge in [-0.05, 0) is 23.6 Å². The molecule has 0 heterocycles. The van der Waals surface area contributed by atoms with E-state index in [0.29, 0.717) is 24.1 Å². The van der Waals surface area contributed by atoms with Gasteiger partial charge in [-0.3, -0.25) is 0 Å². The first-order valence-corrected chi connectivity index (χ1v) is 7.95. The zero-order valence-electron chi connectivity index (χ0n) is 13.7. The van der Waals surface area contributed by atoms with E-state index >= 15 is 0 Å². The highest BCUT2D eigenvalue weighted by molar-refractivity contribution is 5.67. The van der Waals surface area contributed by atoms with E-state index in [0.717, 1.165) is 5.56 Å². The molecule has 0 unspecified atom stereocenters. The Morgan fingerprint density at radius 2 is 2.00 bits per heavy atom. The maximum absolute atomic E-state index is 13.8. The third kappa shape index (κ3) is 6.48. The minimum Gasteiger partial charge on any atom is -0.445 e. The number of hydrogen-bond acceptors (Lipinski definition) is 3. The minimum absolute atomic E-state index is 0.190. The molecular formula is C20H19FN2O2. The highest BCUT2D eigenvalue weighted by Crippen LogP contribution is 2.12. The van der Waals surface area contributed by atoms with E-state index in [1.165, 1.54) is 6.07 Å². The fraction of sp³-hybridized carbons (Fsp3) is 0.200. The molecule has 0 aliphatic carbocycles. The summed E-state index contributed by atoms with van der Waals surface area (Å²) in [5.74, 6) is -0.362. The van der Waals surface area contributed by atoms with Crippen LogP contribution in [-0.4, -0.2) is 12.6 Å². The molecule has 5 heteroatoms. The fourth-order valence-electron chi connectivity index (χ4n) is 2.15. The lowest BCUT2D eigenvalue weighted by atomic mass is 10.1. The van der Waals surface area contributed by atoms with Crippen LogP contribution in [0.5, 0.6) is 0 Å². The molecule has 0 atom stereocenters. The predicted molar refractivity (Wildman–Crippen MR) is 94.0 cm³/mol. The van der Waals surface area contributed by atoms with Crippen molar-refractivity contribution in [1.29, 1.82) is 5.26 Å². The Bertz CT molecular complexity index is 767. The van der Waals surface area contributed by atoms with Gasteiger partial charge in [-0.1, -0.05) is 54.6 Å². The van der Waals surface area contributed by atoms with E-state index in [9.17, 15) is 9.18 Å². The van der Waals surface area contributed by atoms with Crippen molar-refractivity contribution in [3.63, 3.8) is 0 Å². The summed E-state index contributed by atoms with van der Waals surface area (Å²) in [4.78, 5) is 11.6. The zero-order valence-corrected chi connectivity index (χ0v) is 13.7. The molecule has 1 amide bonds. The number of alkyl carbamates (subject to hydrolysis) is 1. The van der Waals surface area contributed by atoms with Crippen LogP contribution in [0, 0.1) is 17.1 Å². The van der Waals surface area contributed by atoms with E-state index in [4.69, 9.17) is 10.00 Å². The largest absolute Gasteiger partial charge is 0.445 e. The lowest BCUT2D eigenvalue weighted by Crippen LogP contribution is -2.24. The second-order valence-corrected chi connectivity index (χ2v) is 5.37. The standard InChI is InChI=1S/C20H19FN2O2/c21-19-14-16(11-12-22)9-10-18(19)8-4-5-13-23-20(24)25-15-17-6-2-1-3-7-17/h1-4,6-10,14H,5,11,13,15H2,(H,23,24). The van der Waals surface area contributed by atoms with Crippen LogP contribution in [0.1, 0.15) is 23.1 Å². The Kier molecular flexibility index (Phi) is 7.20. The second-order valence-electron chi connectivity index (χ2n) is 5.37. The third-order valence-electron chi connectivity index (χ3n) is 3.44. The maximum Gasteiger partial charge on any atom is 0.407 e. The van der Waals surface area contributed by atoms with Crippen LogP contribution in [0.3, 0.4) is 0 Å². The Hall–Kier alpha value is -3.13.